The molecule has 0 radical (unpaired) electrons. The molecule has 2 aromatic rings. The number of rotatable bonds is 4. The summed E-state index contributed by atoms with van der Waals surface area (Å²) in [5.41, 5.74) is 1.08. The highest BCUT2D eigenvalue weighted by Crippen LogP contribution is 2.27. The Balaban J connectivity index is 1.74. The zero-order valence-corrected chi connectivity index (χ0v) is 12.7. The Morgan fingerprint density at radius 1 is 1.35 bits per heavy atom. The molecule has 1 aromatic heterocycles. The van der Waals surface area contributed by atoms with Crippen LogP contribution in [0.5, 0.6) is 5.75 Å². The van der Waals surface area contributed by atoms with Crippen LogP contribution in [0.1, 0.15) is 18.4 Å². The number of hydrogen-bond acceptors (Lipinski definition) is 5. The van der Waals surface area contributed by atoms with Crippen LogP contribution in [-0.4, -0.2) is 42.7 Å². The number of nitrogens with zero attached hydrogens (tertiary/aromatic N) is 2. The van der Waals surface area contributed by atoms with Gasteiger partial charge in [-0.05, 0) is 44.6 Å². The molecule has 5 heteroatoms. The molecular weight excluding hydrogens is 270 g/mol. The van der Waals surface area contributed by atoms with E-state index in [1.165, 1.54) is 16.1 Å². The molecule has 4 nitrogen and oxygen atoms in total. The molecule has 0 atom stereocenters. The first kappa shape index (κ1) is 13.8. The van der Waals surface area contributed by atoms with Gasteiger partial charge in [-0.25, -0.2) is 4.98 Å². The van der Waals surface area contributed by atoms with Gasteiger partial charge in [-0.3, -0.25) is 4.90 Å². The van der Waals surface area contributed by atoms with Crippen LogP contribution < -0.4 is 10.1 Å². The Labute approximate surface area is 123 Å². The highest BCUT2D eigenvalue weighted by molar-refractivity contribution is 7.18. The fourth-order valence-electron chi connectivity index (χ4n) is 2.53. The van der Waals surface area contributed by atoms with Gasteiger partial charge in [0.15, 0.2) is 0 Å². The van der Waals surface area contributed by atoms with E-state index in [-0.39, 0.29) is 0 Å². The van der Waals surface area contributed by atoms with Gasteiger partial charge in [0.2, 0.25) is 0 Å². The van der Waals surface area contributed by atoms with E-state index >= 15 is 0 Å². The Hall–Kier alpha value is -1.17. The maximum atomic E-state index is 5.55. The second kappa shape index (κ2) is 6.52. The molecule has 1 fully saturated rings. The summed E-state index contributed by atoms with van der Waals surface area (Å²) in [5.74, 6) is 0.939. The van der Waals surface area contributed by atoms with Crippen LogP contribution in [0, 0.1) is 0 Å². The van der Waals surface area contributed by atoms with Gasteiger partial charge in [-0.2, -0.15) is 0 Å². The third-order valence-corrected chi connectivity index (χ3v) is 4.51. The van der Waals surface area contributed by atoms with Crippen molar-refractivity contribution in [3.63, 3.8) is 0 Å². The van der Waals surface area contributed by atoms with Gasteiger partial charge in [0, 0.05) is 13.1 Å². The highest BCUT2D eigenvalue weighted by atomic mass is 32.1. The lowest BCUT2D eigenvalue weighted by Crippen LogP contribution is -2.27. The van der Waals surface area contributed by atoms with Gasteiger partial charge in [-0.15, -0.1) is 11.3 Å². The topological polar surface area (TPSA) is 37.4 Å². The molecule has 1 aromatic carbocycles. The second-order valence-corrected chi connectivity index (χ2v) is 6.17. The molecular formula is C15H21N3OS. The van der Waals surface area contributed by atoms with Crippen molar-refractivity contribution in [2.45, 2.75) is 19.9 Å². The van der Waals surface area contributed by atoms with Crippen molar-refractivity contribution in [2.75, 3.05) is 32.8 Å². The van der Waals surface area contributed by atoms with E-state index in [2.05, 4.69) is 22.3 Å². The monoisotopic (exact) mass is 291 g/mol. The average molecular weight is 291 g/mol. The number of nitrogens with one attached hydrogen (secondary N) is 1. The summed E-state index contributed by atoms with van der Waals surface area (Å²) in [4.78, 5) is 7.23. The van der Waals surface area contributed by atoms with E-state index in [9.17, 15) is 0 Å². The summed E-state index contributed by atoms with van der Waals surface area (Å²) >= 11 is 1.78. The zero-order valence-electron chi connectivity index (χ0n) is 11.9. The molecule has 1 N–H and O–H groups in total. The highest BCUT2D eigenvalue weighted by Gasteiger charge is 2.12. The molecule has 1 aliphatic heterocycles. The van der Waals surface area contributed by atoms with Gasteiger partial charge >= 0.3 is 0 Å². The lowest BCUT2D eigenvalue weighted by atomic mass is 10.3. The van der Waals surface area contributed by atoms with E-state index in [0.717, 1.165) is 44.0 Å². The summed E-state index contributed by atoms with van der Waals surface area (Å²) < 4.78 is 6.77. The largest absolute Gasteiger partial charge is 0.494 e. The molecule has 0 aliphatic carbocycles. The number of hydrogen-bond donors (Lipinski definition) is 1. The first-order valence-electron chi connectivity index (χ1n) is 7.30. The SMILES string of the molecule is CCOc1ccc2nc(CN3CCCNCC3)sc2c1. The van der Waals surface area contributed by atoms with E-state index in [1.54, 1.807) is 11.3 Å². The van der Waals surface area contributed by atoms with Crippen LogP contribution >= 0.6 is 11.3 Å². The summed E-state index contributed by atoms with van der Waals surface area (Å²) in [6.07, 6.45) is 1.22. The van der Waals surface area contributed by atoms with Crippen molar-refractivity contribution in [1.29, 1.82) is 0 Å². The molecule has 1 aliphatic rings. The van der Waals surface area contributed by atoms with Crippen molar-refractivity contribution < 1.29 is 4.74 Å². The van der Waals surface area contributed by atoms with Gasteiger partial charge in [0.1, 0.15) is 10.8 Å². The Kier molecular flexibility index (Phi) is 4.50. The van der Waals surface area contributed by atoms with Crippen molar-refractivity contribution in [1.82, 2.24) is 15.2 Å². The summed E-state index contributed by atoms with van der Waals surface area (Å²) in [6.45, 7) is 8.17. The first-order valence-corrected chi connectivity index (χ1v) is 8.12. The molecule has 0 unspecified atom stereocenters. The zero-order chi connectivity index (χ0) is 13.8. The van der Waals surface area contributed by atoms with Gasteiger partial charge in [-0.1, -0.05) is 0 Å². The van der Waals surface area contributed by atoms with Crippen LogP contribution in [0.15, 0.2) is 18.2 Å². The van der Waals surface area contributed by atoms with Crippen LogP contribution in [0.2, 0.25) is 0 Å². The predicted molar refractivity (Wildman–Crippen MR) is 83.6 cm³/mol. The Morgan fingerprint density at radius 2 is 2.30 bits per heavy atom. The van der Waals surface area contributed by atoms with E-state index in [4.69, 9.17) is 9.72 Å². The number of ether oxygens (including phenoxy) is 1. The van der Waals surface area contributed by atoms with Crippen molar-refractivity contribution in [3.05, 3.63) is 23.2 Å². The molecule has 1 saturated heterocycles. The fourth-order valence-corrected chi connectivity index (χ4v) is 3.57. The third kappa shape index (κ3) is 3.29. The van der Waals surface area contributed by atoms with Crippen molar-refractivity contribution in [2.24, 2.45) is 0 Å². The van der Waals surface area contributed by atoms with Crippen LogP contribution in [0.25, 0.3) is 10.2 Å². The predicted octanol–water partition coefficient (Wildman–Crippen LogP) is 2.49. The van der Waals surface area contributed by atoms with Gasteiger partial charge < -0.3 is 10.1 Å². The maximum Gasteiger partial charge on any atom is 0.120 e. The quantitative estimate of drug-likeness (QED) is 0.939. The van der Waals surface area contributed by atoms with Crippen LogP contribution in [0.4, 0.5) is 0 Å². The number of thiazole rings is 1. The van der Waals surface area contributed by atoms with Gasteiger partial charge in [0.25, 0.3) is 0 Å². The Morgan fingerprint density at radius 3 is 3.20 bits per heavy atom. The minimum absolute atomic E-state index is 0.706. The van der Waals surface area contributed by atoms with Gasteiger partial charge in [0.05, 0.1) is 23.4 Å². The normalized spacial score (nSPS) is 17.2. The summed E-state index contributed by atoms with van der Waals surface area (Å²) in [6, 6.07) is 6.17. The average Bonchev–Trinajstić information content (AvgIpc) is 2.65. The third-order valence-electron chi connectivity index (χ3n) is 3.51. The molecule has 20 heavy (non-hydrogen) atoms. The molecule has 108 valence electrons. The lowest BCUT2D eigenvalue weighted by molar-refractivity contribution is 0.284. The molecule has 0 saturated carbocycles. The molecule has 0 spiro atoms. The lowest BCUT2D eigenvalue weighted by Gasteiger charge is -2.17. The number of benzene rings is 1. The molecule has 3 rings (SSSR count). The minimum atomic E-state index is 0.706. The standard InChI is InChI=1S/C15H21N3OS/c1-2-19-12-4-5-13-14(10-12)20-15(17-13)11-18-8-3-6-16-7-9-18/h4-5,10,16H,2-3,6-9,11H2,1H3. The molecule has 0 bridgehead atoms. The summed E-state index contributed by atoms with van der Waals surface area (Å²) in [7, 11) is 0. The smallest absolute Gasteiger partial charge is 0.120 e. The first-order chi connectivity index (χ1) is 9.85. The Bertz CT molecular complexity index is 561. The molecule has 2 heterocycles. The van der Waals surface area contributed by atoms with E-state index in [0.29, 0.717) is 6.61 Å². The van der Waals surface area contributed by atoms with Crippen LogP contribution in [0.3, 0.4) is 0 Å². The van der Waals surface area contributed by atoms with E-state index in [1.807, 2.05) is 13.0 Å². The second-order valence-electron chi connectivity index (χ2n) is 5.05. The summed E-state index contributed by atoms with van der Waals surface area (Å²) in [5, 5.41) is 4.64. The number of fused-ring (bicyclic) bond motifs is 1. The maximum absolute atomic E-state index is 5.55. The van der Waals surface area contributed by atoms with Crippen LogP contribution in [-0.2, 0) is 6.54 Å². The minimum Gasteiger partial charge on any atom is -0.494 e. The van der Waals surface area contributed by atoms with E-state index < -0.39 is 0 Å². The van der Waals surface area contributed by atoms with Crippen molar-refractivity contribution >= 4 is 21.6 Å². The molecule has 0 amide bonds. The number of aromatic nitrogens is 1. The fraction of sp³-hybridized carbons (Fsp3) is 0.533. The van der Waals surface area contributed by atoms with Crippen molar-refractivity contribution in [3.8, 4) is 5.75 Å².